The topological polar surface area (TPSA) is 15.3 Å². The van der Waals surface area contributed by atoms with Crippen LogP contribution in [-0.2, 0) is 6.42 Å². The molecule has 1 aromatic rings. The van der Waals surface area contributed by atoms with Gasteiger partial charge in [0.25, 0.3) is 0 Å². The van der Waals surface area contributed by atoms with E-state index in [1.165, 1.54) is 50.2 Å². The largest absolute Gasteiger partial charge is 0.316 e. The third-order valence-electron chi connectivity index (χ3n) is 4.72. The molecule has 2 atom stereocenters. The molecule has 0 amide bonds. The van der Waals surface area contributed by atoms with Gasteiger partial charge in [0.05, 0.1) is 0 Å². The minimum atomic E-state index is 0.497. The van der Waals surface area contributed by atoms with Crippen molar-refractivity contribution < 1.29 is 0 Å². The van der Waals surface area contributed by atoms with Crippen molar-refractivity contribution in [3.8, 4) is 0 Å². The van der Waals surface area contributed by atoms with Gasteiger partial charge in [-0.15, -0.1) is 11.3 Å². The highest BCUT2D eigenvalue weighted by Crippen LogP contribution is 2.31. The molecule has 0 aliphatic carbocycles. The maximum atomic E-state index is 3.59. The van der Waals surface area contributed by atoms with Crippen LogP contribution in [0.1, 0.15) is 38.0 Å². The number of hydrogen-bond donors (Lipinski definition) is 1. The summed E-state index contributed by atoms with van der Waals surface area (Å²) in [7, 11) is 2.30. The van der Waals surface area contributed by atoms with E-state index in [4.69, 9.17) is 0 Å². The average molecular weight is 280 g/mol. The summed E-state index contributed by atoms with van der Waals surface area (Å²) in [5.74, 6) is 0. The zero-order chi connectivity index (χ0) is 13.7. The van der Waals surface area contributed by atoms with Crippen LogP contribution in [-0.4, -0.2) is 37.6 Å². The molecule has 1 saturated heterocycles. The predicted molar refractivity (Wildman–Crippen MR) is 84.9 cm³/mol. The Balaban J connectivity index is 1.89. The van der Waals surface area contributed by atoms with Crippen LogP contribution in [0, 0.1) is 5.41 Å². The molecule has 1 aliphatic rings. The molecule has 0 bridgehead atoms. The van der Waals surface area contributed by atoms with Crippen LogP contribution in [0.4, 0.5) is 0 Å². The molecule has 2 unspecified atom stereocenters. The van der Waals surface area contributed by atoms with Gasteiger partial charge in [-0.3, -0.25) is 0 Å². The normalized spacial score (nSPS) is 25.7. The van der Waals surface area contributed by atoms with Crippen molar-refractivity contribution in [1.82, 2.24) is 10.2 Å². The van der Waals surface area contributed by atoms with E-state index in [1.54, 1.807) is 0 Å². The fraction of sp³-hybridized carbons (Fsp3) is 0.750. The van der Waals surface area contributed by atoms with Crippen molar-refractivity contribution in [2.75, 3.05) is 26.7 Å². The highest BCUT2D eigenvalue weighted by atomic mass is 32.1. The van der Waals surface area contributed by atoms with Gasteiger partial charge in [0.15, 0.2) is 0 Å². The van der Waals surface area contributed by atoms with E-state index in [9.17, 15) is 0 Å². The predicted octanol–water partition coefficient (Wildman–Crippen LogP) is 3.39. The molecule has 0 radical (unpaired) electrons. The third kappa shape index (κ3) is 4.04. The number of hydrogen-bond acceptors (Lipinski definition) is 3. The van der Waals surface area contributed by atoms with E-state index in [-0.39, 0.29) is 0 Å². The fourth-order valence-corrected chi connectivity index (χ4v) is 3.97. The Morgan fingerprint density at radius 3 is 2.95 bits per heavy atom. The summed E-state index contributed by atoms with van der Waals surface area (Å²) in [6.45, 7) is 8.34. The molecule has 3 heteroatoms. The molecule has 108 valence electrons. The van der Waals surface area contributed by atoms with Gasteiger partial charge in [0.2, 0.25) is 0 Å². The first-order valence-corrected chi connectivity index (χ1v) is 8.46. The molecule has 1 aliphatic heterocycles. The van der Waals surface area contributed by atoms with Gasteiger partial charge in [-0.25, -0.2) is 0 Å². The Labute approximate surface area is 122 Å². The lowest BCUT2D eigenvalue weighted by molar-refractivity contribution is 0.106. The summed E-state index contributed by atoms with van der Waals surface area (Å²) in [6, 6.07) is 5.04. The number of likely N-dealkylation sites (N-methyl/N-ethyl adjacent to an activating group) is 1. The molecular formula is C16H28N2S. The van der Waals surface area contributed by atoms with Gasteiger partial charge in [-0.1, -0.05) is 13.0 Å². The van der Waals surface area contributed by atoms with E-state index in [0.717, 1.165) is 0 Å². The van der Waals surface area contributed by atoms with Crippen LogP contribution in [0.2, 0.25) is 0 Å². The maximum Gasteiger partial charge on any atom is 0.0112 e. The van der Waals surface area contributed by atoms with Gasteiger partial charge in [0, 0.05) is 24.0 Å². The molecule has 1 aromatic heterocycles. The number of rotatable bonds is 6. The molecule has 19 heavy (non-hydrogen) atoms. The summed E-state index contributed by atoms with van der Waals surface area (Å²) < 4.78 is 0. The van der Waals surface area contributed by atoms with Crippen molar-refractivity contribution in [1.29, 1.82) is 0 Å². The zero-order valence-electron chi connectivity index (χ0n) is 12.6. The Bertz CT molecular complexity index is 355. The summed E-state index contributed by atoms with van der Waals surface area (Å²) >= 11 is 1.88. The molecule has 1 fully saturated rings. The van der Waals surface area contributed by atoms with Crippen LogP contribution in [0.15, 0.2) is 17.5 Å². The minimum Gasteiger partial charge on any atom is -0.316 e. The van der Waals surface area contributed by atoms with Crippen LogP contribution < -0.4 is 5.32 Å². The molecule has 0 spiro atoms. The Morgan fingerprint density at radius 1 is 1.53 bits per heavy atom. The second-order valence-electron chi connectivity index (χ2n) is 6.18. The Kier molecular flexibility index (Phi) is 5.43. The Morgan fingerprint density at radius 2 is 2.37 bits per heavy atom. The van der Waals surface area contributed by atoms with Gasteiger partial charge >= 0.3 is 0 Å². The lowest BCUT2D eigenvalue weighted by Gasteiger charge is -2.41. The highest BCUT2D eigenvalue weighted by molar-refractivity contribution is 7.09. The monoisotopic (exact) mass is 280 g/mol. The minimum absolute atomic E-state index is 0.497. The van der Waals surface area contributed by atoms with Gasteiger partial charge in [-0.05, 0) is 63.1 Å². The summed E-state index contributed by atoms with van der Waals surface area (Å²) in [6.07, 6.45) is 5.19. The molecular weight excluding hydrogens is 252 g/mol. The van der Waals surface area contributed by atoms with Crippen molar-refractivity contribution in [3.63, 3.8) is 0 Å². The maximum absolute atomic E-state index is 3.59. The van der Waals surface area contributed by atoms with Gasteiger partial charge in [0.1, 0.15) is 0 Å². The zero-order valence-corrected chi connectivity index (χ0v) is 13.4. The van der Waals surface area contributed by atoms with E-state index in [2.05, 4.69) is 48.6 Å². The van der Waals surface area contributed by atoms with Crippen LogP contribution >= 0.6 is 11.3 Å². The van der Waals surface area contributed by atoms with Crippen molar-refractivity contribution >= 4 is 11.3 Å². The van der Waals surface area contributed by atoms with E-state index in [1.807, 2.05) is 11.3 Å². The van der Waals surface area contributed by atoms with Crippen LogP contribution in [0.25, 0.3) is 0 Å². The lowest BCUT2D eigenvalue weighted by atomic mass is 9.77. The average Bonchev–Trinajstić information content (AvgIpc) is 2.92. The van der Waals surface area contributed by atoms with Crippen molar-refractivity contribution in [2.24, 2.45) is 5.41 Å². The molecule has 2 rings (SSSR count). The number of thiophene rings is 1. The first-order valence-electron chi connectivity index (χ1n) is 7.58. The van der Waals surface area contributed by atoms with Crippen LogP contribution in [0.5, 0.6) is 0 Å². The molecule has 1 N–H and O–H groups in total. The number of piperidine rings is 1. The first kappa shape index (κ1) is 15.0. The number of nitrogens with zero attached hydrogens (tertiary/aromatic N) is 1. The molecule has 2 heterocycles. The van der Waals surface area contributed by atoms with Gasteiger partial charge in [-0.2, -0.15) is 0 Å². The second-order valence-corrected chi connectivity index (χ2v) is 7.21. The smallest absolute Gasteiger partial charge is 0.0112 e. The van der Waals surface area contributed by atoms with E-state index >= 15 is 0 Å². The van der Waals surface area contributed by atoms with Gasteiger partial charge < -0.3 is 10.2 Å². The lowest BCUT2D eigenvalue weighted by Crippen LogP contribution is -2.48. The van der Waals surface area contributed by atoms with Crippen LogP contribution in [0.3, 0.4) is 0 Å². The van der Waals surface area contributed by atoms with E-state index < -0.39 is 0 Å². The van der Waals surface area contributed by atoms with Crippen molar-refractivity contribution in [2.45, 2.75) is 45.6 Å². The third-order valence-corrected chi connectivity index (χ3v) is 5.62. The molecule has 0 saturated carbocycles. The van der Waals surface area contributed by atoms with E-state index in [0.29, 0.717) is 11.5 Å². The summed E-state index contributed by atoms with van der Waals surface area (Å²) in [4.78, 5) is 4.07. The SMILES string of the molecule is CCC1(CN(C)C(C)Cc2cccs2)CCCNC1. The number of nitrogens with one attached hydrogen (secondary N) is 1. The standard InChI is InChI=1S/C16H28N2S/c1-4-16(8-6-9-17-12-16)13-18(3)14(2)11-15-7-5-10-19-15/h5,7,10,14,17H,4,6,8-9,11-13H2,1-3H3. The molecule has 2 nitrogen and oxygen atoms in total. The first-order chi connectivity index (χ1) is 9.15. The second kappa shape index (κ2) is 6.87. The highest BCUT2D eigenvalue weighted by Gasteiger charge is 2.32. The van der Waals surface area contributed by atoms with Crippen molar-refractivity contribution in [3.05, 3.63) is 22.4 Å². The quantitative estimate of drug-likeness (QED) is 0.859. The summed E-state index contributed by atoms with van der Waals surface area (Å²) in [5.41, 5.74) is 0.497. The summed E-state index contributed by atoms with van der Waals surface area (Å²) in [5, 5.41) is 5.77. The molecule has 0 aromatic carbocycles. The fourth-order valence-electron chi connectivity index (χ4n) is 3.14. The Hall–Kier alpha value is -0.380.